The molecule has 1 unspecified atom stereocenters. The number of para-hydroxylation sites is 1. The molecule has 1 saturated carbocycles. The third-order valence-electron chi connectivity index (χ3n) is 4.04. The van der Waals surface area contributed by atoms with Crippen LogP contribution in [0.3, 0.4) is 0 Å². The molecule has 1 fully saturated rings. The third kappa shape index (κ3) is 3.67. The number of rotatable bonds is 6. The van der Waals surface area contributed by atoms with Crippen molar-refractivity contribution in [2.24, 2.45) is 5.73 Å². The maximum atomic E-state index is 11.9. The molecular weight excluding hydrogens is 268 g/mol. The Morgan fingerprint density at radius 2 is 1.95 bits per heavy atom. The van der Waals surface area contributed by atoms with Gasteiger partial charge in [-0.05, 0) is 18.9 Å². The van der Waals surface area contributed by atoms with Crippen LogP contribution >= 0.6 is 0 Å². The Balaban J connectivity index is 2.27. The van der Waals surface area contributed by atoms with Crippen molar-refractivity contribution in [1.82, 2.24) is 5.32 Å². The van der Waals surface area contributed by atoms with Crippen LogP contribution in [-0.4, -0.2) is 26.2 Å². The lowest BCUT2D eigenvalue weighted by molar-refractivity contribution is -0.120. The molecule has 1 aromatic carbocycles. The Hall–Kier alpha value is -1.75. The van der Waals surface area contributed by atoms with E-state index in [1.54, 1.807) is 20.3 Å². The molecule has 0 spiro atoms. The predicted octanol–water partition coefficient (Wildman–Crippen LogP) is 2.15. The molecule has 0 saturated heterocycles. The second-order valence-electron chi connectivity index (χ2n) is 5.42. The fourth-order valence-electron chi connectivity index (χ4n) is 2.97. The summed E-state index contributed by atoms with van der Waals surface area (Å²) < 4.78 is 10.7. The zero-order chi connectivity index (χ0) is 15.2. The number of carbonyl (C=O) groups is 1. The van der Waals surface area contributed by atoms with Crippen LogP contribution in [0.15, 0.2) is 18.2 Å². The van der Waals surface area contributed by atoms with Crippen molar-refractivity contribution in [3.8, 4) is 11.5 Å². The number of nitrogens with one attached hydrogen (secondary N) is 1. The van der Waals surface area contributed by atoms with Gasteiger partial charge in [0.1, 0.15) is 6.04 Å². The smallest absolute Gasteiger partial charge is 0.239 e. The van der Waals surface area contributed by atoms with E-state index in [4.69, 9.17) is 15.2 Å². The van der Waals surface area contributed by atoms with E-state index in [0.29, 0.717) is 17.5 Å². The molecule has 21 heavy (non-hydrogen) atoms. The predicted molar refractivity (Wildman–Crippen MR) is 81.5 cm³/mol. The van der Waals surface area contributed by atoms with E-state index in [1.165, 1.54) is 19.3 Å². The van der Waals surface area contributed by atoms with Crippen LogP contribution in [0.4, 0.5) is 0 Å². The van der Waals surface area contributed by atoms with Crippen LogP contribution in [0.5, 0.6) is 11.5 Å². The van der Waals surface area contributed by atoms with Gasteiger partial charge >= 0.3 is 0 Å². The number of hydrogen-bond donors (Lipinski definition) is 2. The first-order chi connectivity index (χ1) is 10.2. The summed E-state index contributed by atoms with van der Waals surface area (Å²) in [5.74, 6) is 0.769. The molecule has 2 rings (SSSR count). The summed E-state index contributed by atoms with van der Waals surface area (Å²) in [6.45, 7) is 0. The molecular formula is C16H24N2O3. The van der Waals surface area contributed by atoms with Gasteiger partial charge in [-0.1, -0.05) is 31.4 Å². The van der Waals surface area contributed by atoms with Gasteiger partial charge in [-0.25, -0.2) is 0 Å². The maximum Gasteiger partial charge on any atom is 0.239 e. The molecule has 1 aliphatic carbocycles. The van der Waals surface area contributed by atoms with Crippen LogP contribution in [0.25, 0.3) is 0 Å². The van der Waals surface area contributed by atoms with Crippen molar-refractivity contribution in [3.63, 3.8) is 0 Å². The van der Waals surface area contributed by atoms with Crippen molar-refractivity contribution in [3.05, 3.63) is 23.8 Å². The van der Waals surface area contributed by atoms with E-state index in [1.807, 2.05) is 12.1 Å². The highest BCUT2D eigenvalue weighted by molar-refractivity contribution is 5.82. The zero-order valence-corrected chi connectivity index (χ0v) is 12.7. The SMILES string of the molecule is COc1cccc(C(NC2CCCCC2)C(N)=O)c1OC. The number of nitrogens with two attached hydrogens (primary N) is 1. The average molecular weight is 292 g/mol. The maximum absolute atomic E-state index is 11.9. The third-order valence-corrected chi connectivity index (χ3v) is 4.04. The number of amides is 1. The van der Waals surface area contributed by atoms with Crippen LogP contribution in [-0.2, 0) is 4.79 Å². The summed E-state index contributed by atoms with van der Waals surface area (Å²) in [5.41, 5.74) is 6.33. The molecule has 0 heterocycles. The summed E-state index contributed by atoms with van der Waals surface area (Å²) in [6.07, 6.45) is 5.81. The van der Waals surface area contributed by atoms with Gasteiger partial charge in [0.2, 0.25) is 5.91 Å². The monoisotopic (exact) mass is 292 g/mol. The molecule has 0 aliphatic heterocycles. The fraction of sp³-hybridized carbons (Fsp3) is 0.562. The van der Waals surface area contributed by atoms with Gasteiger partial charge in [0.05, 0.1) is 14.2 Å². The van der Waals surface area contributed by atoms with Crippen molar-refractivity contribution in [2.45, 2.75) is 44.2 Å². The molecule has 0 radical (unpaired) electrons. The van der Waals surface area contributed by atoms with Gasteiger partial charge in [-0.15, -0.1) is 0 Å². The quantitative estimate of drug-likeness (QED) is 0.842. The summed E-state index contributed by atoms with van der Waals surface area (Å²) in [5, 5.41) is 3.39. The molecule has 3 N–H and O–H groups in total. The van der Waals surface area contributed by atoms with E-state index < -0.39 is 11.9 Å². The van der Waals surface area contributed by atoms with Gasteiger partial charge in [0, 0.05) is 11.6 Å². The van der Waals surface area contributed by atoms with E-state index >= 15 is 0 Å². The van der Waals surface area contributed by atoms with Crippen molar-refractivity contribution < 1.29 is 14.3 Å². The van der Waals surface area contributed by atoms with E-state index in [-0.39, 0.29) is 0 Å². The molecule has 116 valence electrons. The van der Waals surface area contributed by atoms with Gasteiger partial charge < -0.3 is 15.2 Å². The van der Waals surface area contributed by atoms with Crippen molar-refractivity contribution in [1.29, 1.82) is 0 Å². The summed E-state index contributed by atoms with van der Waals surface area (Å²) in [4.78, 5) is 11.9. The highest BCUT2D eigenvalue weighted by Gasteiger charge is 2.27. The summed E-state index contributed by atoms with van der Waals surface area (Å²) in [6, 6.07) is 5.27. The van der Waals surface area contributed by atoms with Crippen molar-refractivity contribution in [2.75, 3.05) is 14.2 Å². The first kappa shape index (κ1) is 15.6. The van der Waals surface area contributed by atoms with Gasteiger partial charge in [-0.3, -0.25) is 10.1 Å². The molecule has 1 aromatic rings. The topological polar surface area (TPSA) is 73.6 Å². The number of methoxy groups -OCH3 is 2. The fourth-order valence-corrected chi connectivity index (χ4v) is 2.97. The highest BCUT2D eigenvalue weighted by atomic mass is 16.5. The second-order valence-corrected chi connectivity index (χ2v) is 5.42. The standard InChI is InChI=1S/C16H24N2O3/c1-20-13-10-6-9-12(15(13)21-2)14(16(17)19)18-11-7-4-3-5-8-11/h6,9-11,14,18H,3-5,7-8H2,1-2H3,(H2,17,19). The second kappa shape index (κ2) is 7.31. The lowest BCUT2D eigenvalue weighted by Gasteiger charge is -2.28. The molecule has 5 heteroatoms. The number of hydrogen-bond acceptors (Lipinski definition) is 4. The molecule has 0 aromatic heterocycles. The number of benzene rings is 1. The number of primary amides is 1. The van der Waals surface area contributed by atoms with Crippen LogP contribution in [0.1, 0.15) is 43.7 Å². The van der Waals surface area contributed by atoms with E-state index in [2.05, 4.69) is 5.32 Å². The molecule has 0 bridgehead atoms. The largest absolute Gasteiger partial charge is 0.493 e. The minimum absolute atomic E-state index is 0.326. The van der Waals surface area contributed by atoms with Crippen LogP contribution < -0.4 is 20.5 Å². The Morgan fingerprint density at radius 3 is 2.52 bits per heavy atom. The molecule has 1 atom stereocenters. The first-order valence-corrected chi connectivity index (χ1v) is 7.43. The lowest BCUT2D eigenvalue weighted by Crippen LogP contribution is -2.41. The van der Waals surface area contributed by atoms with Gasteiger partial charge in [0.15, 0.2) is 11.5 Å². The van der Waals surface area contributed by atoms with E-state index in [0.717, 1.165) is 18.4 Å². The molecule has 5 nitrogen and oxygen atoms in total. The first-order valence-electron chi connectivity index (χ1n) is 7.43. The zero-order valence-electron chi connectivity index (χ0n) is 12.7. The Labute approximate surface area is 125 Å². The Kier molecular flexibility index (Phi) is 5.44. The minimum atomic E-state index is -0.557. The molecule has 1 amide bonds. The van der Waals surface area contributed by atoms with E-state index in [9.17, 15) is 4.79 Å². The van der Waals surface area contributed by atoms with Crippen molar-refractivity contribution >= 4 is 5.91 Å². The minimum Gasteiger partial charge on any atom is -0.493 e. The summed E-state index contributed by atoms with van der Waals surface area (Å²) >= 11 is 0. The number of ether oxygens (including phenoxy) is 2. The Bertz CT molecular complexity index is 484. The average Bonchev–Trinajstić information content (AvgIpc) is 2.52. The Morgan fingerprint density at radius 1 is 1.24 bits per heavy atom. The van der Waals surface area contributed by atoms with Crippen LogP contribution in [0, 0.1) is 0 Å². The molecule has 1 aliphatic rings. The number of carbonyl (C=O) groups excluding carboxylic acids is 1. The summed E-state index contributed by atoms with van der Waals surface area (Å²) in [7, 11) is 3.15. The van der Waals surface area contributed by atoms with Crippen LogP contribution in [0.2, 0.25) is 0 Å². The van der Waals surface area contributed by atoms with Gasteiger partial charge in [-0.2, -0.15) is 0 Å². The lowest BCUT2D eigenvalue weighted by atomic mass is 9.93. The normalized spacial score (nSPS) is 17.2. The van der Waals surface area contributed by atoms with Gasteiger partial charge in [0.25, 0.3) is 0 Å². The highest BCUT2D eigenvalue weighted by Crippen LogP contribution is 2.35.